The number of amides is 1. The Morgan fingerprint density at radius 3 is 1.98 bits per heavy atom. The summed E-state index contributed by atoms with van der Waals surface area (Å²) in [6.07, 6.45) is 9.59. The van der Waals surface area contributed by atoms with Crippen molar-refractivity contribution in [2.24, 2.45) is 5.92 Å². The molecule has 2 N–H and O–H groups in total. The zero-order valence-corrected chi connectivity index (χ0v) is 32.5. The molecule has 2 atom stereocenters. The molecule has 5 rings (SSSR count). The van der Waals surface area contributed by atoms with Crippen LogP contribution in [0, 0.1) is 5.92 Å². The summed E-state index contributed by atoms with van der Waals surface area (Å²) in [5, 5.41) is 12.6. The second kappa shape index (κ2) is 19.6. The Hall–Kier alpha value is -5.63. The van der Waals surface area contributed by atoms with Crippen LogP contribution < -0.4 is 10.1 Å². The van der Waals surface area contributed by atoms with E-state index in [-0.39, 0.29) is 36.4 Å². The minimum atomic E-state index is -1.03. The molecule has 5 aromatic rings. The van der Waals surface area contributed by atoms with Gasteiger partial charge in [0.15, 0.2) is 11.6 Å². The summed E-state index contributed by atoms with van der Waals surface area (Å²) in [6.45, 7) is 9.28. The summed E-state index contributed by atoms with van der Waals surface area (Å²) in [5.41, 5.74) is 5.84. The number of hydrogen-bond acceptors (Lipinski definition) is 6. The number of benzene rings is 4. The lowest BCUT2D eigenvalue weighted by Gasteiger charge is -2.23. The van der Waals surface area contributed by atoms with E-state index in [9.17, 15) is 19.5 Å². The van der Waals surface area contributed by atoms with Crippen molar-refractivity contribution in [2.75, 3.05) is 6.61 Å². The van der Waals surface area contributed by atoms with Crippen molar-refractivity contribution < 1.29 is 24.2 Å². The molecule has 0 saturated carbocycles. The number of aromatic nitrogens is 2. The summed E-state index contributed by atoms with van der Waals surface area (Å²) in [4.78, 5) is 48.6. The van der Waals surface area contributed by atoms with Crippen LogP contribution in [-0.2, 0) is 21.4 Å². The van der Waals surface area contributed by atoms with Gasteiger partial charge in [-0.2, -0.15) is 0 Å². The lowest BCUT2D eigenvalue weighted by atomic mass is 9.85. The van der Waals surface area contributed by atoms with Crippen LogP contribution in [0.3, 0.4) is 0 Å². The van der Waals surface area contributed by atoms with Gasteiger partial charge in [-0.15, -0.1) is 0 Å². The van der Waals surface area contributed by atoms with Crippen molar-refractivity contribution in [2.45, 2.75) is 90.5 Å². The first kappa shape index (κ1) is 40.6. The number of ketones is 1. The first-order valence-corrected chi connectivity index (χ1v) is 19.4. The normalized spacial score (nSPS) is 12.4. The number of aliphatic carboxylic acids is 1. The maximum absolute atomic E-state index is 13.9. The van der Waals surface area contributed by atoms with Gasteiger partial charge in [0, 0.05) is 41.4 Å². The fraction of sp³-hybridized carbons (Fsp3) is 0.340. The van der Waals surface area contributed by atoms with Gasteiger partial charge in [0.1, 0.15) is 5.75 Å². The van der Waals surface area contributed by atoms with Crippen LogP contribution in [0.4, 0.5) is 0 Å². The highest BCUT2D eigenvalue weighted by Crippen LogP contribution is 2.27. The SMILES string of the molecule is CCCCCCCOc1ccc(-c2cnc(-c3ccc(C[C@H](CC(=O)c4ccc(C(C)(C)C)cc4)C(=O)NC(CC(=O)O)c4ccccc4)cc3)nc2)cc1. The number of carbonyl (C=O) groups excluding carboxylic acids is 2. The maximum atomic E-state index is 13.9. The Labute approximate surface area is 325 Å². The Bertz CT molecular complexity index is 1970. The number of nitrogens with zero attached hydrogens (tertiary/aromatic N) is 2. The number of carboxylic acids is 1. The Balaban J connectivity index is 1.27. The lowest BCUT2D eigenvalue weighted by molar-refractivity contribution is -0.138. The van der Waals surface area contributed by atoms with E-state index in [1.54, 1.807) is 24.5 Å². The van der Waals surface area contributed by atoms with Crippen LogP contribution in [0.5, 0.6) is 5.75 Å². The number of rotatable bonds is 19. The smallest absolute Gasteiger partial charge is 0.305 e. The van der Waals surface area contributed by atoms with Crippen molar-refractivity contribution in [3.63, 3.8) is 0 Å². The van der Waals surface area contributed by atoms with Gasteiger partial charge in [0.25, 0.3) is 0 Å². The van der Waals surface area contributed by atoms with Crippen LogP contribution >= 0.6 is 0 Å². The van der Waals surface area contributed by atoms with Crippen molar-refractivity contribution in [3.05, 3.63) is 138 Å². The zero-order chi connectivity index (χ0) is 39.2. The molecule has 0 aliphatic rings. The largest absolute Gasteiger partial charge is 0.494 e. The molecule has 1 aromatic heterocycles. The second-order valence-electron chi connectivity index (χ2n) is 15.2. The van der Waals surface area contributed by atoms with Gasteiger partial charge in [-0.25, -0.2) is 9.97 Å². The fourth-order valence-electron chi connectivity index (χ4n) is 6.50. The number of carboxylic acid groups (broad SMARTS) is 1. The highest BCUT2D eigenvalue weighted by Gasteiger charge is 2.27. The van der Waals surface area contributed by atoms with Gasteiger partial charge in [-0.1, -0.05) is 144 Å². The highest BCUT2D eigenvalue weighted by atomic mass is 16.5. The first-order valence-electron chi connectivity index (χ1n) is 19.4. The Morgan fingerprint density at radius 1 is 0.727 bits per heavy atom. The summed E-state index contributed by atoms with van der Waals surface area (Å²) < 4.78 is 5.91. The summed E-state index contributed by atoms with van der Waals surface area (Å²) in [5.74, 6) is -0.871. The third kappa shape index (κ3) is 12.2. The van der Waals surface area contributed by atoms with E-state index in [1.807, 2.05) is 91.0 Å². The molecule has 0 aliphatic carbocycles. The van der Waals surface area contributed by atoms with Crippen LogP contribution in [0.25, 0.3) is 22.5 Å². The minimum absolute atomic E-state index is 0.0340. The molecule has 4 aromatic carbocycles. The van der Waals surface area contributed by atoms with E-state index in [0.717, 1.165) is 46.6 Å². The zero-order valence-electron chi connectivity index (χ0n) is 32.5. The average Bonchev–Trinajstić information content (AvgIpc) is 3.19. The molecular weight excluding hydrogens is 687 g/mol. The van der Waals surface area contributed by atoms with E-state index in [2.05, 4.69) is 43.0 Å². The molecule has 0 saturated heterocycles. The molecule has 1 unspecified atom stereocenters. The fourth-order valence-corrected chi connectivity index (χ4v) is 6.50. The van der Waals surface area contributed by atoms with E-state index < -0.39 is 17.9 Å². The standard InChI is InChI=1S/C47H53N3O5/c1-5-6-7-8-12-27-55-41-25-21-34(22-26-41)39-31-48-45(49-32-39)37-17-15-33(16-18-37)28-38(29-43(51)36-19-23-40(24-20-36)47(2,3)4)46(54)50-42(30-44(52)53)35-13-10-9-11-14-35/h9-11,13-26,31-32,38,42H,5-8,12,27-30H2,1-4H3,(H,50,54)(H,52,53)/t38-,42?/m1/s1. The summed E-state index contributed by atoms with van der Waals surface area (Å²) in [7, 11) is 0. The Morgan fingerprint density at radius 2 is 1.36 bits per heavy atom. The van der Waals surface area contributed by atoms with Crippen molar-refractivity contribution in [1.82, 2.24) is 15.3 Å². The van der Waals surface area contributed by atoms with Crippen LogP contribution in [0.15, 0.2) is 116 Å². The molecule has 8 nitrogen and oxygen atoms in total. The van der Waals surface area contributed by atoms with E-state index in [0.29, 0.717) is 17.0 Å². The number of carbonyl (C=O) groups is 3. The van der Waals surface area contributed by atoms with Gasteiger partial charge >= 0.3 is 5.97 Å². The summed E-state index contributed by atoms with van der Waals surface area (Å²) in [6, 6.07) is 31.5. The van der Waals surface area contributed by atoms with Crippen LogP contribution in [-0.4, -0.2) is 39.3 Å². The number of nitrogens with one attached hydrogen (secondary N) is 1. The lowest BCUT2D eigenvalue weighted by Crippen LogP contribution is -2.37. The molecule has 1 heterocycles. The van der Waals surface area contributed by atoms with Gasteiger partial charge < -0.3 is 15.2 Å². The van der Waals surface area contributed by atoms with Crippen LogP contribution in [0.2, 0.25) is 0 Å². The molecule has 55 heavy (non-hydrogen) atoms. The number of ether oxygens (including phenoxy) is 1. The molecule has 0 radical (unpaired) electrons. The summed E-state index contributed by atoms with van der Waals surface area (Å²) >= 11 is 0. The third-order valence-corrected chi connectivity index (χ3v) is 9.82. The van der Waals surface area contributed by atoms with E-state index in [4.69, 9.17) is 4.74 Å². The molecule has 286 valence electrons. The van der Waals surface area contributed by atoms with Gasteiger partial charge in [0.2, 0.25) is 5.91 Å². The monoisotopic (exact) mass is 739 g/mol. The highest BCUT2D eigenvalue weighted by molar-refractivity contribution is 5.98. The van der Waals surface area contributed by atoms with E-state index in [1.165, 1.54) is 25.7 Å². The molecule has 0 spiro atoms. The topological polar surface area (TPSA) is 118 Å². The molecule has 0 aliphatic heterocycles. The molecule has 0 bridgehead atoms. The van der Waals surface area contributed by atoms with E-state index >= 15 is 0 Å². The van der Waals surface area contributed by atoms with Crippen molar-refractivity contribution >= 4 is 17.7 Å². The van der Waals surface area contributed by atoms with Crippen LogP contribution in [0.1, 0.15) is 106 Å². The van der Waals surface area contributed by atoms with Gasteiger partial charge in [-0.05, 0) is 52.6 Å². The van der Waals surface area contributed by atoms with Crippen molar-refractivity contribution in [1.29, 1.82) is 0 Å². The number of Topliss-reactive ketones (excluding diaryl/α,β-unsaturated/α-hetero) is 1. The van der Waals surface area contributed by atoms with Gasteiger partial charge in [-0.3, -0.25) is 14.4 Å². The molecule has 0 fully saturated rings. The van der Waals surface area contributed by atoms with Crippen molar-refractivity contribution in [3.8, 4) is 28.3 Å². The third-order valence-electron chi connectivity index (χ3n) is 9.82. The quantitative estimate of drug-likeness (QED) is 0.0639. The number of unbranched alkanes of at least 4 members (excludes halogenated alkanes) is 4. The maximum Gasteiger partial charge on any atom is 0.305 e. The molecule has 1 amide bonds. The molecular formula is C47H53N3O5. The minimum Gasteiger partial charge on any atom is -0.494 e. The predicted molar refractivity (Wildman–Crippen MR) is 218 cm³/mol. The molecule has 8 heteroatoms. The number of hydrogen-bond donors (Lipinski definition) is 2. The first-order chi connectivity index (χ1) is 26.5. The predicted octanol–water partition coefficient (Wildman–Crippen LogP) is 10.2. The second-order valence-corrected chi connectivity index (χ2v) is 15.2. The Kier molecular flexibility index (Phi) is 14.5. The average molecular weight is 740 g/mol. The van der Waals surface area contributed by atoms with Gasteiger partial charge in [0.05, 0.1) is 19.1 Å².